The van der Waals surface area contributed by atoms with E-state index in [1.54, 1.807) is 12.4 Å². The zero-order chi connectivity index (χ0) is 14.8. The van der Waals surface area contributed by atoms with Gasteiger partial charge >= 0.3 is 0 Å². The number of rotatable bonds is 4. The summed E-state index contributed by atoms with van der Waals surface area (Å²) in [7, 11) is 0. The van der Waals surface area contributed by atoms with Crippen LogP contribution in [0.2, 0.25) is 0 Å². The average molecular weight is 410 g/mol. The van der Waals surface area contributed by atoms with E-state index in [2.05, 4.69) is 78.4 Å². The van der Waals surface area contributed by atoms with Gasteiger partial charge in [-0.15, -0.1) is 0 Å². The van der Waals surface area contributed by atoms with E-state index in [1.165, 1.54) is 5.56 Å². The van der Waals surface area contributed by atoms with Crippen LogP contribution in [0.25, 0.3) is 5.52 Å². The summed E-state index contributed by atoms with van der Waals surface area (Å²) in [5.74, 6) is 0.830. The number of benzene rings is 1. The SMILES string of the molecule is CCC(Nc1nccn2ncc(Br)c12)c1ccc(Br)cc1. The van der Waals surface area contributed by atoms with Gasteiger partial charge in [-0.05, 0) is 40.0 Å². The van der Waals surface area contributed by atoms with Gasteiger partial charge in [0, 0.05) is 16.9 Å². The van der Waals surface area contributed by atoms with Crippen molar-refractivity contribution in [1.29, 1.82) is 0 Å². The highest BCUT2D eigenvalue weighted by molar-refractivity contribution is 9.11. The summed E-state index contributed by atoms with van der Waals surface area (Å²) in [6.07, 6.45) is 6.34. The molecule has 0 saturated heterocycles. The molecule has 0 aliphatic rings. The Labute approximate surface area is 139 Å². The summed E-state index contributed by atoms with van der Waals surface area (Å²) >= 11 is 7.00. The van der Waals surface area contributed by atoms with Crippen LogP contribution in [0, 0.1) is 0 Å². The minimum Gasteiger partial charge on any atom is -0.361 e. The summed E-state index contributed by atoms with van der Waals surface area (Å²) in [6.45, 7) is 2.16. The van der Waals surface area contributed by atoms with Crippen molar-refractivity contribution in [2.45, 2.75) is 19.4 Å². The summed E-state index contributed by atoms with van der Waals surface area (Å²) < 4.78 is 3.83. The topological polar surface area (TPSA) is 42.2 Å². The second-order valence-electron chi connectivity index (χ2n) is 4.72. The van der Waals surface area contributed by atoms with Crippen molar-refractivity contribution in [3.63, 3.8) is 0 Å². The molecule has 0 bridgehead atoms. The number of fused-ring (bicyclic) bond motifs is 1. The van der Waals surface area contributed by atoms with E-state index < -0.39 is 0 Å². The molecular weight excluding hydrogens is 396 g/mol. The predicted octanol–water partition coefficient (Wildman–Crippen LogP) is 4.82. The molecule has 0 aliphatic heterocycles. The molecule has 21 heavy (non-hydrogen) atoms. The molecular formula is C15H14Br2N4. The minimum atomic E-state index is 0.207. The van der Waals surface area contributed by atoms with Gasteiger partial charge in [0.15, 0.2) is 5.82 Å². The molecule has 6 heteroatoms. The lowest BCUT2D eigenvalue weighted by molar-refractivity contribution is 0.743. The maximum Gasteiger partial charge on any atom is 0.153 e. The molecule has 0 amide bonds. The van der Waals surface area contributed by atoms with Crippen LogP contribution in [-0.4, -0.2) is 14.6 Å². The molecule has 1 aromatic carbocycles. The Morgan fingerprint density at radius 3 is 2.71 bits per heavy atom. The van der Waals surface area contributed by atoms with E-state index in [0.717, 1.165) is 26.7 Å². The number of nitrogens with one attached hydrogen (secondary N) is 1. The summed E-state index contributed by atoms with van der Waals surface area (Å²) in [5, 5.41) is 7.80. The Balaban J connectivity index is 1.96. The normalized spacial score (nSPS) is 12.5. The molecule has 3 aromatic rings. The highest BCUT2D eigenvalue weighted by atomic mass is 79.9. The van der Waals surface area contributed by atoms with Crippen LogP contribution in [0.4, 0.5) is 5.82 Å². The van der Waals surface area contributed by atoms with Crippen molar-refractivity contribution in [3.8, 4) is 0 Å². The molecule has 1 atom stereocenters. The van der Waals surface area contributed by atoms with Crippen molar-refractivity contribution in [2.24, 2.45) is 0 Å². The molecule has 2 aromatic heterocycles. The highest BCUT2D eigenvalue weighted by Crippen LogP contribution is 2.28. The van der Waals surface area contributed by atoms with Gasteiger partial charge in [0.05, 0.1) is 16.7 Å². The van der Waals surface area contributed by atoms with Gasteiger partial charge < -0.3 is 5.32 Å². The molecule has 0 radical (unpaired) electrons. The van der Waals surface area contributed by atoms with Crippen LogP contribution < -0.4 is 5.32 Å². The second-order valence-corrected chi connectivity index (χ2v) is 6.49. The van der Waals surface area contributed by atoms with Crippen LogP contribution in [0.15, 0.2) is 51.8 Å². The maximum absolute atomic E-state index is 4.46. The predicted molar refractivity (Wildman–Crippen MR) is 91.5 cm³/mol. The minimum absolute atomic E-state index is 0.207. The van der Waals surface area contributed by atoms with Crippen LogP contribution in [0.1, 0.15) is 24.9 Å². The first-order valence-corrected chi connectivity index (χ1v) is 8.27. The standard InChI is InChI=1S/C15H14Br2N4/c1-2-13(10-3-5-11(16)6-4-10)20-15-14-12(17)9-19-21(14)8-7-18-15/h3-9,13H,2H2,1H3,(H,18,20). The van der Waals surface area contributed by atoms with Crippen LogP contribution >= 0.6 is 31.9 Å². The van der Waals surface area contributed by atoms with E-state index in [-0.39, 0.29) is 6.04 Å². The van der Waals surface area contributed by atoms with E-state index in [4.69, 9.17) is 0 Å². The Morgan fingerprint density at radius 1 is 1.24 bits per heavy atom. The van der Waals surface area contributed by atoms with Crippen molar-refractivity contribution in [2.75, 3.05) is 5.32 Å². The second kappa shape index (κ2) is 6.15. The number of hydrogen-bond donors (Lipinski definition) is 1. The number of hydrogen-bond acceptors (Lipinski definition) is 3. The van der Waals surface area contributed by atoms with Gasteiger partial charge in [0.2, 0.25) is 0 Å². The quantitative estimate of drug-likeness (QED) is 0.671. The number of halogens is 2. The Morgan fingerprint density at radius 2 is 2.00 bits per heavy atom. The largest absolute Gasteiger partial charge is 0.361 e. The van der Waals surface area contributed by atoms with Gasteiger partial charge in [0.1, 0.15) is 5.52 Å². The fourth-order valence-corrected chi connectivity index (χ4v) is 3.02. The first kappa shape index (κ1) is 14.5. The lowest BCUT2D eigenvalue weighted by Crippen LogP contribution is -2.11. The third-order valence-electron chi connectivity index (χ3n) is 3.38. The zero-order valence-electron chi connectivity index (χ0n) is 11.4. The molecule has 0 aliphatic carbocycles. The Hall–Kier alpha value is -1.40. The lowest BCUT2D eigenvalue weighted by atomic mass is 10.0. The van der Waals surface area contributed by atoms with E-state index in [9.17, 15) is 0 Å². The molecule has 0 spiro atoms. The van der Waals surface area contributed by atoms with Crippen molar-refractivity contribution in [1.82, 2.24) is 14.6 Å². The molecule has 4 nitrogen and oxygen atoms in total. The molecule has 108 valence electrons. The fraction of sp³-hybridized carbons (Fsp3) is 0.200. The number of aromatic nitrogens is 3. The lowest BCUT2D eigenvalue weighted by Gasteiger charge is -2.18. The number of anilines is 1. The molecule has 1 N–H and O–H groups in total. The third-order valence-corrected chi connectivity index (χ3v) is 4.49. The van der Waals surface area contributed by atoms with Gasteiger partial charge in [0.25, 0.3) is 0 Å². The van der Waals surface area contributed by atoms with E-state index in [0.29, 0.717) is 0 Å². The summed E-state index contributed by atoms with van der Waals surface area (Å²) in [6, 6.07) is 8.57. The van der Waals surface area contributed by atoms with Crippen LogP contribution in [0.5, 0.6) is 0 Å². The van der Waals surface area contributed by atoms with Gasteiger partial charge in [-0.1, -0.05) is 35.0 Å². The molecule has 0 saturated carbocycles. The Bertz CT molecular complexity index is 752. The zero-order valence-corrected chi connectivity index (χ0v) is 14.6. The van der Waals surface area contributed by atoms with E-state index in [1.807, 2.05) is 10.7 Å². The van der Waals surface area contributed by atoms with Crippen molar-refractivity contribution < 1.29 is 0 Å². The third kappa shape index (κ3) is 2.96. The smallest absolute Gasteiger partial charge is 0.153 e. The summed E-state index contributed by atoms with van der Waals surface area (Å²) in [4.78, 5) is 4.46. The molecule has 2 heterocycles. The average Bonchev–Trinajstić information content (AvgIpc) is 2.88. The van der Waals surface area contributed by atoms with Gasteiger partial charge in [-0.3, -0.25) is 0 Å². The molecule has 1 unspecified atom stereocenters. The highest BCUT2D eigenvalue weighted by Gasteiger charge is 2.14. The molecule has 3 rings (SSSR count). The van der Waals surface area contributed by atoms with Crippen LogP contribution in [0.3, 0.4) is 0 Å². The van der Waals surface area contributed by atoms with Crippen molar-refractivity contribution in [3.05, 3.63) is 57.4 Å². The molecule has 0 fully saturated rings. The fourth-order valence-electron chi connectivity index (χ4n) is 2.29. The Kier molecular flexibility index (Phi) is 4.26. The first-order valence-electron chi connectivity index (χ1n) is 6.69. The van der Waals surface area contributed by atoms with E-state index >= 15 is 0 Å². The number of nitrogens with zero attached hydrogens (tertiary/aromatic N) is 3. The maximum atomic E-state index is 4.46. The van der Waals surface area contributed by atoms with Gasteiger partial charge in [-0.2, -0.15) is 5.10 Å². The van der Waals surface area contributed by atoms with Gasteiger partial charge in [-0.25, -0.2) is 9.50 Å². The summed E-state index contributed by atoms with van der Waals surface area (Å²) in [5.41, 5.74) is 2.19. The monoisotopic (exact) mass is 408 g/mol. The van der Waals surface area contributed by atoms with Crippen molar-refractivity contribution >= 4 is 43.2 Å². The first-order chi connectivity index (χ1) is 10.2. The van der Waals surface area contributed by atoms with Crippen LogP contribution in [-0.2, 0) is 0 Å².